The molecule has 1 fully saturated rings. The highest BCUT2D eigenvalue weighted by Gasteiger charge is 2.43. The average Bonchev–Trinajstić information content (AvgIpc) is 2.99. The van der Waals surface area contributed by atoms with Crippen molar-refractivity contribution in [2.24, 2.45) is 5.92 Å². The van der Waals surface area contributed by atoms with E-state index >= 15 is 4.39 Å². The van der Waals surface area contributed by atoms with Crippen LogP contribution in [0, 0.1) is 11.7 Å². The summed E-state index contributed by atoms with van der Waals surface area (Å²) in [5, 5.41) is 27.0. The van der Waals surface area contributed by atoms with Crippen LogP contribution in [-0.2, 0) is 12.1 Å². The molecule has 1 aliphatic rings. The molecular formula is C32H38FN3O5. The van der Waals surface area contributed by atoms with Gasteiger partial charge in [0.15, 0.2) is 0 Å². The second-order valence-electron chi connectivity index (χ2n) is 10.5. The first-order chi connectivity index (χ1) is 19.8. The topological polar surface area (TPSA) is 111 Å². The van der Waals surface area contributed by atoms with Gasteiger partial charge in [0.05, 0.1) is 12.7 Å². The van der Waals surface area contributed by atoms with Crippen molar-refractivity contribution in [3.05, 3.63) is 89.2 Å². The van der Waals surface area contributed by atoms with Crippen LogP contribution in [0.25, 0.3) is 11.1 Å². The molecule has 1 heterocycles. The summed E-state index contributed by atoms with van der Waals surface area (Å²) < 4.78 is 20.9. The number of hydrogen-bond acceptors (Lipinski definition) is 5. The number of carbonyl (C=O) groups is 2. The van der Waals surface area contributed by atoms with Gasteiger partial charge in [0.2, 0.25) is 0 Å². The molecule has 2 atom stereocenters. The minimum Gasteiger partial charge on any atom is -0.497 e. The van der Waals surface area contributed by atoms with Gasteiger partial charge in [-0.1, -0.05) is 36.4 Å². The fourth-order valence-corrected chi connectivity index (χ4v) is 5.77. The highest BCUT2D eigenvalue weighted by atomic mass is 19.1. The van der Waals surface area contributed by atoms with Crippen LogP contribution in [0.2, 0.25) is 0 Å². The van der Waals surface area contributed by atoms with Crippen molar-refractivity contribution in [2.75, 3.05) is 33.8 Å². The van der Waals surface area contributed by atoms with Crippen LogP contribution in [0.3, 0.4) is 0 Å². The molecule has 3 aromatic rings. The Labute approximate surface area is 240 Å². The summed E-state index contributed by atoms with van der Waals surface area (Å²) in [6.07, 6.45) is 0.662. The number of piperidine rings is 1. The predicted octanol–water partition coefficient (Wildman–Crippen LogP) is 5.01. The van der Waals surface area contributed by atoms with Gasteiger partial charge in [-0.25, -0.2) is 9.18 Å². The second kappa shape index (κ2) is 13.6. The van der Waals surface area contributed by atoms with Crippen molar-refractivity contribution in [2.45, 2.75) is 37.8 Å². The molecule has 4 N–H and O–H groups in total. The summed E-state index contributed by atoms with van der Waals surface area (Å²) in [5.74, 6) is -0.447. The van der Waals surface area contributed by atoms with Crippen LogP contribution in [-0.4, -0.2) is 60.9 Å². The van der Waals surface area contributed by atoms with Crippen LogP contribution >= 0.6 is 0 Å². The Hall–Kier alpha value is -3.95. The molecule has 2 amide bonds. The van der Waals surface area contributed by atoms with Crippen molar-refractivity contribution >= 4 is 12.0 Å². The average molecular weight is 564 g/mol. The number of hydrogen-bond donors (Lipinski definition) is 4. The Morgan fingerprint density at radius 3 is 2.59 bits per heavy atom. The number of nitrogens with zero attached hydrogens (tertiary/aromatic N) is 1. The third-order valence-electron chi connectivity index (χ3n) is 7.82. The molecule has 218 valence electrons. The van der Waals surface area contributed by atoms with E-state index in [2.05, 4.69) is 10.6 Å². The smallest absolute Gasteiger partial charge is 0.404 e. The fourth-order valence-electron chi connectivity index (χ4n) is 5.77. The lowest BCUT2D eigenvalue weighted by molar-refractivity contribution is -0.0564. The molecule has 41 heavy (non-hydrogen) atoms. The van der Waals surface area contributed by atoms with E-state index in [-0.39, 0.29) is 31.0 Å². The highest BCUT2D eigenvalue weighted by molar-refractivity contribution is 5.94. The molecule has 8 nitrogen and oxygen atoms in total. The molecule has 1 aliphatic heterocycles. The maximum atomic E-state index is 15.6. The van der Waals surface area contributed by atoms with E-state index in [0.29, 0.717) is 54.8 Å². The summed E-state index contributed by atoms with van der Waals surface area (Å²) in [5.41, 5.74) is 1.35. The Morgan fingerprint density at radius 1 is 1.12 bits per heavy atom. The highest BCUT2D eigenvalue weighted by Crippen LogP contribution is 2.44. The van der Waals surface area contributed by atoms with Gasteiger partial charge >= 0.3 is 6.09 Å². The van der Waals surface area contributed by atoms with Crippen molar-refractivity contribution in [1.82, 2.24) is 15.5 Å². The lowest BCUT2D eigenvalue weighted by atomic mass is 9.72. The number of amides is 2. The number of carboxylic acid groups (broad SMARTS) is 1. The number of halogens is 1. The molecule has 1 saturated heterocycles. The van der Waals surface area contributed by atoms with Crippen LogP contribution < -0.4 is 15.4 Å². The molecule has 2 unspecified atom stereocenters. The zero-order chi connectivity index (χ0) is 29.4. The molecule has 9 heteroatoms. The number of carbonyl (C=O) groups excluding carboxylic acids is 1. The van der Waals surface area contributed by atoms with Gasteiger partial charge in [0.25, 0.3) is 5.91 Å². The van der Waals surface area contributed by atoms with E-state index in [0.717, 1.165) is 5.56 Å². The third-order valence-corrected chi connectivity index (χ3v) is 7.82. The molecule has 0 spiro atoms. The van der Waals surface area contributed by atoms with Crippen molar-refractivity contribution in [3.63, 3.8) is 0 Å². The zero-order valence-corrected chi connectivity index (χ0v) is 23.5. The van der Waals surface area contributed by atoms with E-state index in [1.54, 1.807) is 41.3 Å². The van der Waals surface area contributed by atoms with Gasteiger partial charge in [-0.2, -0.15) is 0 Å². The Bertz CT molecular complexity index is 1350. The van der Waals surface area contributed by atoms with Crippen LogP contribution in [0.4, 0.5) is 9.18 Å². The first kappa shape index (κ1) is 30.0. The molecule has 0 radical (unpaired) electrons. The Morgan fingerprint density at radius 2 is 1.88 bits per heavy atom. The van der Waals surface area contributed by atoms with Gasteiger partial charge < -0.3 is 30.5 Å². The third kappa shape index (κ3) is 7.04. The summed E-state index contributed by atoms with van der Waals surface area (Å²) in [6, 6.07) is 19.2. The van der Waals surface area contributed by atoms with E-state index in [1.165, 1.54) is 13.2 Å². The molecule has 0 aromatic heterocycles. The number of nitrogens with one attached hydrogen (secondary N) is 2. The van der Waals surface area contributed by atoms with E-state index in [1.807, 2.05) is 31.3 Å². The lowest BCUT2D eigenvalue weighted by Crippen LogP contribution is -2.48. The summed E-state index contributed by atoms with van der Waals surface area (Å²) in [7, 11) is 3.40. The van der Waals surface area contributed by atoms with E-state index in [4.69, 9.17) is 9.84 Å². The fraction of sp³-hybridized carbons (Fsp3) is 0.375. The van der Waals surface area contributed by atoms with Gasteiger partial charge in [0, 0.05) is 43.2 Å². The number of benzene rings is 3. The molecule has 0 saturated carbocycles. The number of ether oxygens (including phenoxy) is 1. The minimum absolute atomic E-state index is 0.118. The first-order valence-corrected chi connectivity index (χ1v) is 13.9. The lowest BCUT2D eigenvalue weighted by Gasteiger charge is -2.43. The second-order valence-corrected chi connectivity index (χ2v) is 10.5. The molecular weight excluding hydrogens is 525 g/mol. The molecule has 0 aliphatic carbocycles. The van der Waals surface area contributed by atoms with Gasteiger partial charge in [0.1, 0.15) is 11.6 Å². The molecule has 0 bridgehead atoms. The Balaban J connectivity index is 1.69. The molecule has 4 rings (SSSR count). The predicted molar refractivity (Wildman–Crippen MR) is 155 cm³/mol. The number of rotatable bonds is 11. The van der Waals surface area contributed by atoms with Gasteiger partial charge in [-0.15, -0.1) is 0 Å². The van der Waals surface area contributed by atoms with Gasteiger partial charge in [-0.05, 0) is 79.8 Å². The first-order valence-electron chi connectivity index (χ1n) is 13.9. The van der Waals surface area contributed by atoms with Gasteiger partial charge in [-0.3, -0.25) is 4.79 Å². The normalized spacial score (nSPS) is 16.6. The number of likely N-dealkylation sites (tertiary alicyclic amines) is 1. The summed E-state index contributed by atoms with van der Waals surface area (Å²) in [6.45, 7) is 1.67. The van der Waals surface area contributed by atoms with Crippen LogP contribution in [0.5, 0.6) is 5.75 Å². The number of methoxy groups -OCH3 is 1. The van der Waals surface area contributed by atoms with E-state index < -0.39 is 23.4 Å². The standard InChI is InChI=1S/C32H38FN3O5/c1-34-20-22-12-14-23(15-13-22)30(37)36-18-5-8-25(21-36)32(40,16-6-17-35-31(38)39)27-10-4-11-28(33)29(27)24-7-3-9-26(19-24)41-2/h3-4,7,9-15,19,25,34-35,40H,5-6,8,16-18,20-21H2,1-2H3,(H,38,39). The van der Waals surface area contributed by atoms with Crippen molar-refractivity contribution in [3.8, 4) is 16.9 Å². The largest absolute Gasteiger partial charge is 0.497 e. The Kier molecular flexibility index (Phi) is 9.96. The summed E-state index contributed by atoms with van der Waals surface area (Å²) in [4.78, 5) is 26.3. The van der Waals surface area contributed by atoms with Crippen molar-refractivity contribution < 1.29 is 28.9 Å². The summed E-state index contributed by atoms with van der Waals surface area (Å²) >= 11 is 0. The zero-order valence-electron chi connectivity index (χ0n) is 23.5. The van der Waals surface area contributed by atoms with Crippen molar-refractivity contribution in [1.29, 1.82) is 0 Å². The monoisotopic (exact) mass is 563 g/mol. The molecule has 3 aromatic carbocycles. The maximum Gasteiger partial charge on any atom is 0.404 e. The maximum absolute atomic E-state index is 15.6. The van der Waals surface area contributed by atoms with Crippen LogP contribution in [0.1, 0.15) is 47.2 Å². The minimum atomic E-state index is -1.53. The quantitative estimate of drug-likeness (QED) is 0.244. The van der Waals surface area contributed by atoms with Crippen LogP contribution in [0.15, 0.2) is 66.7 Å². The van der Waals surface area contributed by atoms with E-state index in [9.17, 15) is 14.7 Å². The number of aliphatic hydroxyl groups is 1. The SMILES string of the molecule is CNCc1ccc(C(=O)N2CCCC(C(O)(CCCNC(=O)O)c3cccc(F)c3-c3cccc(OC)c3)C2)cc1.